The summed E-state index contributed by atoms with van der Waals surface area (Å²) in [6.45, 7) is 4.25. The fourth-order valence-electron chi connectivity index (χ4n) is 2.93. The normalized spacial score (nSPS) is 17.1. The minimum absolute atomic E-state index is 0.0257. The van der Waals surface area contributed by atoms with Gasteiger partial charge in [0.2, 0.25) is 11.8 Å². The Morgan fingerprint density at radius 2 is 1.81 bits per heavy atom. The van der Waals surface area contributed by atoms with E-state index in [4.69, 9.17) is 4.74 Å². The van der Waals surface area contributed by atoms with Gasteiger partial charge < -0.3 is 10.1 Å². The topological polar surface area (TPSA) is 88.1 Å². The monoisotopic (exact) mass is 443 g/mol. The van der Waals surface area contributed by atoms with Crippen LogP contribution in [0.3, 0.4) is 0 Å². The van der Waals surface area contributed by atoms with Crippen molar-refractivity contribution in [1.82, 2.24) is 4.90 Å². The zero-order valence-corrected chi connectivity index (χ0v) is 17.9. The van der Waals surface area contributed by atoms with Gasteiger partial charge in [-0.3, -0.25) is 14.5 Å². The molecule has 1 aliphatic rings. The molecular weight excluding hydrogens is 421 g/mol. The van der Waals surface area contributed by atoms with Crippen LogP contribution in [-0.2, 0) is 14.3 Å². The summed E-state index contributed by atoms with van der Waals surface area (Å²) >= 11 is 1.21. The number of ether oxygens (including phenoxy) is 1. The second-order valence-electron chi connectivity index (χ2n) is 6.61. The Labute approximate surface area is 183 Å². The van der Waals surface area contributed by atoms with Gasteiger partial charge in [-0.15, -0.1) is 0 Å². The number of carbonyl (C=O) groups excluding carboxylic acids is 3. The van der Waals surface area contributed by atoms with Crippen LogP contribution in [0, 0.1) is 5.82 Å². The van der Waals surface area contributed by atoms with E-state index in [2.05, 4.69) is 10.3 Å². The number of halogens is 1. The minimum atomic E-state index is -0.599. The molecule has 1 aliphatic heterocycles. The van der Waals surface area contributed by atoms with Crippen LogP contribution in [-0.4, -0.2) is 46.3 Å². The number of carbonyl (C=O) groups is 3. The van der Waals surface area contributed by atoms with Crippen molar-refractivity contribution in [3.63, 3.8) is 0 Å². The van der Waals surface area contributed by atoms with Gasteiger partial charge in [-0.25, -0.2) is 14.2 Å². The van der Waals surface area contributed by atoms with Crippen LogP contribution >= 0.6 is 11.8 Å². The molecular formula is C22H22FN3O4S. The average Bonchev–Trinajstić information content (AvgIpc) is 3.04. The summed E-state index contributed by atoms with van der Waals surface area (Å²) in [4.78, 5) is 42.8. The Bertz CT molecular complexity index is 993. The van der Waals surface area contributed by atoms with Gasteiger partial charge in [-0.1, -0.05) is 11.8 Å². The summed E-state index contributed by atoms with van der Waals surface area (Å²) in [5, 5.41) is 2.62. The molecule has 1 fully saturated rings. The van der Waals surface area contributed by atoms with Crippen molar-refractivity contribution >= 4 is 46.1 Å². The van der Waals surface area contributed by atoms with Crippen LogP contribution in [0.15, 0.2) is 53.5 Å². The number of aliphatic imine (C=N–C) groups is 1. The lowest BCUT2D eigenvalue weighted by atomic mass is 10.2. The molecule has 0 spiro atoms. The quantitative estimate of drug-likeness (QED) is 0.654. The second kappa shape index (κ2) is 10.2. The summed E-state index contributed by atoms with van der Waals surface area (Å²) < 4.78 is 18.0. The minimum Gasteiger partial charge on any atom is -0.462 e. The van der Waals surface area contributed by atoms with Crippen molar-refractivity contribution in [1.29, 1.82) is 0 Å². The van der Waals surface area contributed by atoms with Crippen molar-refractivity contribution in [3.8, 4) is 0 Å². The number of benzene rings is 2. The molecule has 0 unspecified atom stereocenters. The largest absolute Gasteiger partial charge is 0.462 e. The highest BCUT2D eigenvalue weighted by Crippen LogP contribution is 2.31. The molecule has 9 heteroatoms. The first-order valence-corrected chi connectivity index (χ1v) is 10.7. The number of amidine groups is 1. The van der Waals surface area contributed by atoms with Crippen molar-refractivity contribution in [3.05, 3.63) is 59.9 Å². The Hall–Kier alpha value is -3.20. The molecule has 2 amide bonds. The van der Waals surface area contributed by atoms with E-state index in [1.807, 2.05) is 6.92 Å². The number of rotatable bonds is 7. The van der Waals surface area contributed by atoms with Gasteiger partial charge in [0.15, 0.2) is 5.17 Å². The Kier molecular flexibility index (Phi) is 7.41. The van der Waals surface area contributed by atoms with Crippen molar-refractivity contribution in [2.24, 2.45) is 4.99 Å². The van der Waals surface area contributed by atoms with Gasteiger partial charge in [0.1, 0.15) is 11.1 Å². The third-order valence-electron chi connectivity index (χ3n) is 4.44. The predicted octanol–water partition coefficient (Wildman–Crippen LogP) is 3.98. The molecule has 0 saturated carbocycles. The van der Waals surface area contributed by atoms with Gasteiger partial charge in [0.25, 0.3) is 0 Å². The van der Waals surface area contributed by atoms with Crippen molar-refractivity contribution in [2.75, 3.05) is 18.5 Å². The molecule has 162 valence electrons. The van der Waals surface area contributed by atoms with Crippen LogP contribution in [0.2, 0.25) is 0 Å². The smallest absolute Gasteiger partial charge is 0.338 e. The highest BCUT2D eigenvalue weighted by Gasteiger charge is 2.38. The van der Waals surface area contributed by atoms with Crippen LogP contribution in [0.25, 0.3) is 0 Å². The lowest BCUT2D eigenvalue weighted by molar-refractivity contribution is -0.128. The maximum atomic E-state index is 13.1. The zero-order valence-electron chi connectivity index (χ0n) is 17.1. The lowest BCUT2D eigenvalue weighted by Gasteiger charge is -2.13. The first-order valence-electron chi connectivity index (χ1n) is 9.80. The third kappa shape index (κ3) is 5.69. The van der Waals surface area contributed by atoms with E-state index < -0.39 is 11.2 Å². The highest BCUT2D eigenvalue weighted by atomic mass is 32.2. The van der Waals surface area contributed by atoms with Gasteiger partial charge in [-0.05, 0) is 62.4 Å². The summed E-state index contributed by atoms with van der Waals surface area (Å²) in [7, 11) is 0. The molecule has 1 N–H and O–H groups in total. The highest BCUT2D eigenvalue weighted by molar-refractivity contribution is 8.15. The molecule has 1 heterocycles. The van der Waals surface area contributed by atoms with Gasteiger partial charge >= 0.3 is 5.97 Å². The van der Waals surface area contributed by atoms with E-state index in [9.17, 15) is 18.8 Å². The summed E-state index contributed by atoms with van der Waals surface area (Å²) in [6, 6.07) is 12.0. The first kappa shape index (κ1) is 22.5. The first-order chi connectivity index (χ1) is 14.9. The number of hydrogen-bond donors (Lipinski definition) is 1. The molecule has 3 rings (SSSR count). The molecule has 2 aromatic carbocycles. The number of thioether (sulfide) groups is 1. The van der Waals surface area contributed by atoms with Crippen LogP contribution < -0.4 is 5.32 Å². The molecule has 0 radical (unpaired) electrons. The third-order valence-corrected chi connectivity index (χ3v) is 5.61. The van der Waals surface area contributed by atoms with Gasteiger partial charge in [0.05, 0.1) is 17.9 Å². The number of hydrogen-bond acceptors (Lipinski definition) is 6. The summed E-state index contributed by atoms with van der Waals surface area (Å²) in [6.07, 6.45) is -0.0257. The molecule has 2 aromatic rings. The Balaban J connectivity index is 1.63. The number of esters is 1. The van der Waals surface area contributed by atoms with E-state index in [0.717, 1.165) is 0 Å². The second-order valence-corrected chi connectivity index (χ2v) is 7.78. The molecule has 7 nitrogen and oxygen atoms in total. The number of nitrogens with zero attached hydrogens (tertiary/aromatic N) is 2. The number of nitrogens with one attached hydrogen (secondary N) is 1. The molecule has 0 bridgehead atoms. The Morgan fingerprint density at radius 1 is 1.13 bits per heavy atom. The van der Waals surface area contributed by atoms with E-state index in [1.165, 1.54) is 40.9 Å². The van der Waals surface area contributed by atoms with Gasteiger partial charge in [0, 0.05) is 18.7 Å². The maximum absolute atomic E-state index is 13.1. The standard InChI is InChI=1S/C22H22FN3O4S/c1-3-26-20(28)18(31-22(26)25-17-11-7-15(23)8-12-17)13-19(27)24-16-9-5-14(6-10-16)21(29)30-4-2/h5-12,18H,3-4,13H2,1-2H3,(H,24,27)/t18-/m1/s1. The number of anilines is 1. The maximum Gasteiger partial charge on any atom is 0.338 e. The Morgan fingerprint density at radius 3 is 2.42 bits per heavy atom. The van der Waals surface area contributed by atoms with E-state index in [0.29, 0.717) is 28.7 Å². The molecule has 31 heavy (non-hydrogen) atoms. The zero-order chi connectivity index (χ0) is 22.4. The fraction of sp³-hybridized carbons (Fsp3) is 0.273. The van der Waals surface area contributed by atoms with Crippen molar-refractivity contribution < 1.29 is 23.5 Å². The summed E-state index contributed by atoms with van der Waals surface area (Å²) in [5.41, 5.74) is 1.43. The lowest BCUT2D eigenvalue weighted by Crippen LogP contribution is -2.33. The van der Waals surface area contributed by atoms with Gasteiger partial charge in [-0.2, -0.15) is 0 Å². The van der Waals surface area contributed by atoms with E-state index in [-0.39, 0.29) is 30.7 Å². The summed E-state index contributed by atoms with van der Waals surface area (Å²) in [5.74, 6) is -1.31. The average molecular weight is 444 g/mol. The van der Waals surface area contributed by atoms with E-state index >= 15 is 0 Å². The predicted molar refractivity (Wildman–Crippen MR) is 118 cm³/mol. The molecule has 0 aliphatic carbocycles. The van der Waals surface area contributed by atoms with E-state index in [1.54, 1.807) is 31.2 Å². The molecule has 0 aromatic heterocycles. The number of amides is 2. The van der Waals surface area contributed by atoms with Crippen LogP contribution in [0.5, 0.6) is 0 Å². The van der Waals surface area contributed by atoms with Crippen LogP contribution in [0.1, 0.15) is 30.6 Å². The van der Waals surface area contributed by atoms with Crippen molar-refractivity contribution in [2.45, 2.75) is 25.5 Å². The molecule has 1 saturated heterocycles. The van der Waals surface area contributed by atoms with Crippen LogP contribution in [0.4, 0.5) is 15.8 Å². The SMILES string of the molecule is CCOC(=O)c1ccc(NC(=O)C[C@H]2SC(=Nc3ccc(F)cc3)N(CC)C2=O)cc1. The fourth-order valence-corrected chi connectivity index (χ4v) is 4.15. The molecule has 1 atom stereocenters.